The fourth-order valence-corrected chi connectivity index (χ4v) is 8.77. The zero-order chi connectivity index (χ0) is 32.2. The Kier molecular flexibility index (Phi) is 29.8. The van der Waals surface area contributed by atoms with Gasteiger partial charge in [0.15, 0.2) is 0 Å². The maximum absolute atomic E-state index is 8.63. The first-order valence-corrected chi connectivity index (χ1v) is 20.3. The number of nitrogens with zero attached hydrogens (tertiary/aromatic N) is 1. The van der Waals surface area contributed by atoms with Crippen LogP contribution in [-0.4, -0.2) is 78.3 Å². The number of rotatable bonds is 29. The van der Waals surface area contributed by atoms with Crippen molar-refractivity contribution in [2.75, 3.05) is 47.5 Å². The van der Waals surface area contributed by atoms with Crippen molar-refractivity contribution in [3.63, 3.8) is 0 Å². The fourth-order valence-electron chi connectivity index (χ4n) is 6.45. The van der Waals surface area contributed by atoms with Crippen LogP contribution in [0.3, 0.4) is 0 Å². The van der Waals surface area contributed by atoms with Gasteiger partial charge in [0.25, 0.3) is 0 Å². The van der Waals surface area contributed by atoms with Gasteiger partial charge in [0.1, 0.15) is 0 Å². The normalized spacial score (nSPS) is 13.2. The largest absolute Gasteiger partial charge is 0.726 e. The molecule has 0 saturated carbocycles. The average molecular weight is 642 g/mol. The summed E-state index contributed by atoms with van der Waals surface area (Å²) in [5, 5.41) is 0. The van der Waals surface area contributed by atoms with Crippen molar-refractivity contribution in [1.82, 2.24) is 0 Å². The second kappa shape index (κ2) is 28.4. The maximum atomic E-state index is 8.63. The van der Waals surface area contributed by atoms with E-state index in [0.29, 0.717) is 5.54 Å². The SMILES string of the molecule is CCCCCCCCCCCCCCCCCCCC[N+](CCC)(CCC)CC(C)[Si](OC)(OC)OC.O=S(=O)([O-])O. The third-order valence-electron chi connectivity index (χ3n) is 8.50. The van der Waals surface area contributed by atoms with Gasteiger partial charge in [-0.2, -0.15) is 0 Å². The topological polar surface area (TPSA) is 105 Å². The molecular formula is C32H71NO7SSi. The molecule has 10 heteroatoms. The Balaban J connectivity index is 0. The Morgan fingerprint density at radius 1 is 0.595 bits per heavy atom. The summed E-state index contributed by atoms with van der Waals surface area (Å²) in [4.78, 5) is 0. The second-order valence-electron chi connectivity index (χ2n) is 12.3. The van der Waals surface area contributed by atoms with E-state index in [2.05, 4.69) is 27.7 Å². The third kappa shape index (κ3) is 25.3. The highest BCUT2D eigenvalue weighted by Gasteiger charge is 2.48. The summed E-state index contributed by atoms with van der Waals surface area (Å²) in [6, 6.07) is 0. The Hall–Kier alpha value is -0.0731. The van der Waals surface area contributed by atoms with E-state index in [1.54, 1.807) is 21.3 Å². The van der Waals surface area contributed by atoms with E-state index in [-0.39, 0.29) is 0 Å². The van der Waals surface area contributed by atoms with Crippen molar-refractivity contribution in [2.45, 2.75) is 162 Å². The van der Waals surface area contributed by atoms with Gasteiger partial charge in [-0.3, -0.25) is 4.55 Å². The predicted molar refractivity (Wildman–Crippen MR) is 178 cm³/mol. The average Bonchev–Trinajstić information content (AvgIpc) is 2.93. The van der Waals surface area contributed by atoms with Gasteiger partial charge in [0, 0.05) is 21.3 Å². The summed E-state index contributed by atoms with van der Waals surface area (Å²) in [5.74, 6) is 0. The standard InChI is InChI=1S/C32H70NO3Si.H2O4S/c1-8-11-12-13-14-15-16-17-18-19-20-21-22-23-24-25-26-27-30-33(28-9-2,29-10-3)31-32(4)37(34-5,35-6)36-7;1-5(2,3)4/h32H,8-31H2,1-7H3;(H2,1,2,3,4)/q+1;/p-1. The van der Waals surface area contributed by atoms with E-state index >= 15 is 0 Å². The van der Waals surface area contributed by atoms with Gasteiger partial charge in [-0.25, -0.2) is 8.42 Å². The van der Waals surface area contributed by atoms with Crippen LogP contribution in [0, 0.1) is 0 Å². The van der Waals surface area contributed by atoms with E-state index in [9.17, 15) is 0 Å². The van der Waals surface area contributed by atoms with E-state index in [0.717, 1.165) is 6.54 Å². The van der Waals surface area contributed by atoms with Crippen LogP contribution in [0.4, 0.5) is 0 Å². The molecule has 0 aliphatic rings. The third-order valence-corrected chi connectivity index (χ3v) is 11.6. The highest BCUT2D eigenvalue weighted by Crippen LogP contribution is 2.29. The number of quaternary nitrogens is 1. The molecule has 0 rings (SSSR count). The zero-order valence-electron chi connectivity index (χ0n) is 28.8. The second-order valence-corrected chi connectivity index (χ2v) is 16.5. The minimum absolute atomic E-state index is 0.307. The molecule has 0 radical (unpaired) electrons. The van der Waals surface area contributed by atoms with Crippen LogP contribution >= 0.6 is 0 Å². The number of hydrogen-bond acceptors (Lipinski definition) is 6. The Bertz CT molecular complexity index is 656. The van der Waals surface area contributed by atoms with Gasteiger partial charge in [-0.05, 0) is 25.7 Å². The molecule has 0 heterocycles. The van der Waals surface area contributed by atoms with Crippen LogP contribution in [-0.2, 0) is 23.7 Å². The van der Waals surface area contributed by atoms with E-state index in [1.165, 1.54) is 153 Å². The lowest BCUT2D eigenvalue weighted by Gasteiger charge is -2.43. The molecule has 0 aromatic heterocycles. The summed E-state index contributed by atoms with van der Waals surface area (Å²) in [6.07, 6.45) is 28.3. The van der Waals surface area contributed by atoms with Crippen molar-refractivity contribution < 1.29 is 35.3 Å². The molecule has 8 nitrogen and oxygen atoms in total. The van der Waals surface area contributed by atoms with Gasteiger partial charge >= 0.3 is 8.80 Å². The van der Waals surface area contributed by atoms with Crippen LogP contribution in [0.15, 0.2) is 0 Å². The maximum Gasteiger partial charge on any atom is 0.508 e. The van der Waals surface area contributed by atoms with E-state index < -0.39 is 19.2 Å². The summed E-state index contributed by atoms with van der Waals surface area (Å²) in [6.45, 7) is 14.1. The van der Waals surface area contributed by atoms with Crippen molar-refractivity contribution in [2.24, 2.45) is 0 Å². The fraction of sp³-hybridized carbons (Fsp3) is 1.00. The van der Waals surface area contributed by atoms with Gasteiger partial charge in [-0.1, -0.05) is 130 Å². The molecule has 1 unspecified atom stereocenters. The minimum Gasteiger partial charge on any atom is -0.726 e. The van der Waals surface area contributed by atoms with Crippen LogP contribution in [0.25, 0.3) is 0 Å². The molecule has 42 heavy (non-hydrogen) atoms. The van der Waals surface area contributed by atoms with Crippen molar-refractivity contribution in [3.05, 3.63) is 0 Å². The molecule has 256 valence electrons. The molecular weight excluding hydrogens is 571 g/mol. The van der Waals surface area contributed by atoms with Crippen LogP contribution in [0.5, 0.6) is 0 Å². The zero-order valence-corrected chi connectivity index (χ0v) is 30.6. The van der Waals surface area contributed by atoms with Gasteiger partial charge in [0.2, 0.25) is 10.4 Å². The molecule has 0 aromatic carbocycles. The highest BCUT2D eigenvalue weighted by molar-refractivity contribution is 7.79. The van der Waals surface area contributed by atoms with Gasteiger partial charge in [0.05, 0.1) is 31.7 Å². The monoisotopic (exact) mass is 641 g/mol. The molecule has 0 spiro atoms. The summed E-state index contributed by atoms with van der Waals surface area (Å²) in [5.41, 5.74) is 0.307. The number of hydrogen-bond donors (Lipinski definition) is 1. The van der Waals surface area contributed by atoms with E-state index in [4.69, 9.17) is 30.8 Å². The molecule has 0 saturated heterocycles. The minimum atomic E-state index is -4.92. The summed E-state index contributed by atoms with van der Waals surface area (Å²) in [7, 11) is -2.26. The van der Waals surface area contributed by atoms with Crippen molar-refractivity contribution >= 4 is 19.2 Å². The molecule has 0 aliphatic heterocycles. The molecule has 0 aromatic rings. The molecule has 0 bridgehead atoms. The lowest BCUT2D eigenvalue weighted by molar-refractivity contribution is -0.928. The Labute approximate surface area is 263 Å². The van der Waals surface area contributed by atoms with Crippen molar-refractivity contribution in [1.29, 1.82) is 0 Å². The summed E-state index contributed by atoms with van der Waals surface area (Å²) >= 11 is 0. The number of unbranched alkanes of at least 4 members (excludes halogenated alkanes) is 17. The highest BCUT2D eigenvalue weighted by atomic mass is 32.3. The van der Waals surface area contributed by atoms with Crippen LogP contribution in [0.1, 0.15) is 156 Å². The first-order chi connectivity index (χ1) is 20.0. The molecule has 0 aliphatic carbocycles. The molecule has 1 N–H and O–H groups in total. The predicted octanol–water partition coefficient (Wildman–Crippen LogP) is 8.94. The lowest BCUT2D eigenvalue weighted by Crippen LogP contribution is -2.57. The summed E-state index contributed by atoms with van der Waals surface area (Å²) < 4.78 is 51.5. The van der Waals surface area contributed by atoms with Gasteiger partial charge < -0.3 is 22.3 Å². The van der Waals surface area contributed by atoms with Crippen LogP contribution < -0.4 is 0 Å². The quantitative estimate of drug-likeness (QED) is 0.0286. The lowest BCUT2D eigenvalue weighted by atomic mass is 10.0. The molecule has 1 atom stereocenters. The van der Waals surface area contributed by atoms with Crippen LogP contribution in [0.2, 0.25) is 5.54 Å². The Morgan fingerprint density at radius 2 is 0.881 bits per heavy atom. The molecule has 0 amide bonds. The van der Waals surface area contributed by atoms with Crippen molar-refractivity contribution in [3.8, 4) is 0 Å². The smallest absolute Gasteiger partial charge is 0.508 e. The first-order valence-electron chi connectivity index (χ1n) is 17.2. The first kappa shape index (κ1) is 44.1. The van der Waals surface area contributed by atoms with Gasteiger partial charge in [-0.15, -0.1) is 0 Å². The van der Waals surface area contributed by atoms with E-state index in [1.807, 2.05) is 0 Å². The molecule has 0 fully saturated rings. The Morgan fingerprint density at radius 3 is 1.14 bits per heavy atom.